The smallest absolute Gasteiger partial charge is 0.303 e. The van der Waals surface area contributed by atoms with Crippen molar-refractivity contribution in [3.63, 3.8) is 0 Å². The minimum atomic E-state index is -0.818. The van der Waals surface area contributed by atoms with Crippen molar-refractivity contribution in [3.05, 3.63) is 29.8 Å². The molecule has 0 unspecified atom stereocenters. The van der Waals surface area contributed by atoms with Gasteiger partial charge in [0.15, 0.2) is 0 Å². The number of carbonyl (C=O) groups excluding carboxylic acids is 1. The summed E-state index contributed by atoms with van der Waals surface area (Å²) in [5.41, 5.74) is 6.54. The van der Waals surface area contributed by atoms with Crippen LogP contribution in [0, 0.1) is 5.41 Å². The molecule has 4 N–H and O–H groups in total. The monoisotopic (exact) mass is 264 g/mol. The zero-order valence-electron chi connectivity index (χ0n) is 11.3. The molecule has 1 aromatic carbocycles. The van der Waals surface area contributed by atoms with Crippen molar-refractivity contribution in [1.29, 1.82) is 0 Å². The summed E-state index contributed by atoms with van der Waals surface area (Å²) in [5, 5.41) is 11.4. The molecule has 0 aromatic heterocycles. The van der Waals surface area contributed by atoms with Gasteiger partial charge in [0, 0.05) is 18.7 Å². The van der Waals surface area contributed by atoms with Gasteiger partial charge < -0.3 is 16.2 Å². The van der Waals surface area contributed by atoms with Crippen LogP contribution in [0.1, 0.15) is 25.8 Å². The number of anilines is 1. The minimum Gasteiger partial charge on any atom is -0.481 e. The number of carbonyl (C=O) groups is 2. The first-order valence-electron chi connectivity index (χ1n) is 6.17. The summed E-state index contributed by atoms with van der Waals surface area (Å²) in [4.78, 5) is 22.4. The summed E-state index contributed by atoms with van der Waals surface area (Å²) in [6, 6.07) is 7.16. The first-order chi connectivity index (χ1) is 8.85. The van der Waals surface area contributed by atoms with Gasteiger partial charge in [0.1, 0.15) is 0 Å². The van der Waals surface area contributed by atoms with Crippen LogP contribution in [-0.4, -0.2) is 23.5 Å². The van der Waals surface area contributed by atoms with Gasteiger partial charge >= 0.3 is 5.97 Å². The third kappa shape index (κ3) is 4.71. The van der Waals surface area contributed by atoms with Crippen molar-refractivity contribution in [2.75, 3.05) is 11.9 Å². The van der Waals surface area contributed by atoms with Crippen molar-refractivity contribution < 1.29 is 14.7 Å². The second kappa shape index (κ2) is 6.33. The van der Waals surface area contributed by atoms with E-state index in [-0.39, 0.29) is 18.9 Å². The summed E-state index contributed by atoms with van der Waals surface area (Å²) in [6.45, 7) is 3.84. The second-order valence-electron chi connectivity index (χ2n) is 5.13. The molecule has 0 radical (unpaired) electrons. The molecular formula is C14H20N2O3. The molecule has 0 fully saturated rings. The zero-order valence-corrected chi connectivity index (χ0v) is 11.3. The highest BCUT2D eigenvalue weighted by Gasteiger charge is 2.25. The molecule has 0 atom stereocenters. The van der Waals surface area contributed by atoms with E-state index in [1.807, 2.05) is 12.1 Å². The van der Waals surface area contributed by atoms with E-state index in [9.17, 15) is 9.59 Å². The largest absolute Gasteiger partial charge is 0.481 e. The number of benzene rings is 1. The lowest BCUT2D eigenvalue weighted by molar-refractivity contribution is -0.137. The number of aliphatic carboxylic acids is 1. The average Bonchev–Trinajstić information content (AvgIpc) is 2.37. The molecule has 0 aliphatic rings. The molecule has 1 rings (SSSR count). The Balaban J connectivity index is 2.62. The van der Waals surface area contributed by atoms with E-state index >= 15 is 0 Å². The SMILES string of the molecule is CC(C)(CN)C(=O)Nc1ccc(CCC(=O)O)cc1. The second-order valence-corrected chi connectivity index (χ2v) is 5.13. The topological polar surface area (TPSA) is 92.4 Å². The number of nitrogens with one attached hydrogen (secondary N) is 1. The number of hydrogen-bond donors (Lipinski definition) is 3. The van der Waals surface area contributed by atoms with Crippen LogP contribution in [-0.2, 0) is 16.0 Å². The summed E-state index contributed by atoms with van der Waals surface area (Å²) in [7, 11) is 0. The lowest BCUT2D eigenvalue weighted by Gasteiger charge is -2.21. The summed E-state index contributed by atoms with van der Waals surface area (Å²) in [5.74, 6) is -0.949. The van der Waals surface area contributed by atoms with Crippen molar-refractivity contribution in [2.24, 2.45) is 11.1 Å². The third-order valence-corrected chi connectivity index (χ3v) is 2.96. The van der Waals surface area contributed by atoms with E-state index in [1.54, 1.807) is 26.0 Å². The number of carboxylic acid groups (broad SMARTS) is 1. The van der Waals surface area contributed by atoms with Crippen LogP contribution in [0.5, 0.6) is 0 Å². The molecular weight excluding hydrogens is 244 g/mol. The molecule has 0 aliphatic heterocycles. The highest BCUT2D eigenvalue weighted by atomic mass is 16.4. The van der Waals surface area contributed by atoms with Crippen molar-refractivity contribution >= 4 is 17.6 Å². The fourth-order valence-electron chi connectivity index (χ4n) is 1.40. The molecule has 0 saturated heterocycles. The molecule has 19 heavy (non-hydrogen) atoms. The van der Waals surface area contributed by atoms with E-state index in [4.69, 9.17) is 10.8 Å². The molecule has 5 nitrogen and oxygen atoms in total. The fraction of sp³-hybridized carbons (Fsp3) is 0.429. The van der Waals surface area contributed by atoms with Gasteiger partial charge in [0.2, 0.25) is 5.91 Å². The highest BCUT2D eigenvalue weighted by Crippen LogP contribution is 2.17. The predicted molar refractivity (Wildman–Crippen MR) is 73.9 cm³/mol. The molecule has 1 amide bonds. The van der Waals surface area contributed by atoms with Crippen molar-refractivity contribution in [3.8, 4) is 0 Å². The van der Waals surface area contributed by atoms with E-state index in [2.05, 4.69) is 5.32 Å². The lowest BCUT2D eigenvalue weighted by atomic mass is 9.92. The van der Waals surface area contributed by atoms with Gasteiger partial charge in [-0.2, -0.15) is 0 Å². The molecule has 104 valence electrons. The number of carboxylic acids is 1. The van der Waals surface area contributed by atoms with Crippen LogP contribution < -0.4 is 11.1 Å². The number of nitrogens with two attached hydrogens (primary N) is 1. The molecule has 0 heterocycles. The van der Waals surface area contributed by atoms with E-state index < -0.39 is 11.4 Å². The maximum absolute atomic E-state index is 11.9. The third-order valence-electron chi connectivity index (χ3n) is 2.96. The maximum Gasteiger partial charge on any atom is 0.303 e. The van der Waals surface area contributed by atoms with Gasteiger partial charge in [0.05, 0.1) is 5.41 Å². The molecule has 5 heteroatoms. The Bertz CT molecular complexity index is 452. The number of rotatable bonds is 6. The number of aryl methyl sites for hydroxylation is 1. The Morgan fingerprint density at radius 3 is 2.32 bits per heavy atom. The molecule has 0 spiro atoms. The fourth-order valence-corrected chi connectivity index (χ4v) is 1.40. The standard InChI is InChI=1S/C14H20N2O3/c1-14(2,9-15)13(19)16-11-6-3-10(4-7-11)5-8-12(17)18/h3-4,6-7H,5,8-9,15H2,1-2H3,(H,16,19)(H,17,18). The van der Waals surface area contributed by atoms with Crippen LogP contribution in [0.15, 0.2) is 24.3 Å². The normalized spacial score (nSPS) is 11.1. The van der Waals surface area contributed by atoms with Crippen LogP contribution in [0.25, 0.3) is 0 Å². The summed E-state index contributed by atoms with van der Waals surface area (Å²) >= 11 is 0. The van der Waals surface area contributed by atoms with Crippen LogP contribution in [0.3, 0.4) is 0 Å². The Kier molecular flexibility index (Phi) is 5.06. The van der Waals surface area contributed by atoms with Gasteiger partial charge in [-0.15, -0.1) is 0 Å². The van der Waals surface area contributed by atoms with Crippen LogP contribution >= 0.6 is 0 Å². The van der Waals surface area contributed by atoms with Gasteiger partial charge in [-0.3, -0.25) is 9.59 Å². The Morgan fingerprint density at radius 1 is 1.26 bits per heavy atom. The molecule has 0 saturated carbocycles. The molecule has 1 aromatic rings. The van der Waals surface area contributed by atoms with Gasteiger partial charge in [-0.05, 0) is 38.0 Å². The van der Waals surface area contributed by atoms with Crippen molar-refractivity contribution in [2.45, 2.75) is 26.7 Å². The minimum absolute atomic E-state index is 0.103. The molecule has 0 bridgehead atoms. The Morgan fingerprint density at radius 2 is 1.84 bits per heavy atom. The predicted octanol–water partition coefficient (Wildman–Crippen LogP) is 1.63. The van der Waals surface area contributed by atoms with Crippen LogP contribution in [0.2, 0.25) is 0 Å². The quantitative estimate of drug-likeness (QED) is 0.728. The van der Waals surface area contributed by atoms with Gasteiger partial charge in [0.25, 0.3) is 0 Å². The maximum atomic E-state index is 11.9. The average molecular weight is 264 g/mol. The van der Waals surface area contributed by atoms with E-state index in [0.717, 1.165) is 5.56 Å². The van der Waals surface area contributed by atoms with E-state index in [0.29, 0.717) is 12.1 Å². The number of amides is 1. The summed E-state index contributed by atoms with van der Waals surface area (Å²) in [6.07, 6.45) is 0.587. The van der Waals surface area contributed by atoms with Crippen molar-refractivity contribution in [1.82, 2.24) is 0 Å². The number of hydrogen-bond acceptors (Lipinski definition) is 3. The first kappa shape index (κ1) is 15.2. The van der Waals surface area contributed by atoms with E-state index in [1.165, 1.54) is 0 Å². The highest BCUT2D eigenvalue weighted by molar-refractivity contribution is 5.94. The van der Waals surface area contributed by atoms with Gasteiger partial charge in [-0.25, -0.2) is 0 Å². The lowest BCUT2D eigenvalue weighted by Crippen LogP contribution is -2.37. The summed E-state index contributed by atoms with van der Waals surface area (Å²) < 4.78 is 0. The Labute approximate surface area is 112 Å². The van der Waals surface area contributed by atoms with Gasteiger partial charge in [-0.1, -0.05) is 12.1 Å². The Hall–Kier alpha value is -1.88. The first-order valence-corrected chi connectivity index (χ1v) is 6.17. The van der Waals surface area contributed by atoms with Crippen LogP contribution in [0.4, 0.5) is 5.69 Å². The zero-order chi connectivity index (χ0) is 14.5. The molecule has 0 aliphatic carbocycles.